The van der Waals surface area contributed by atoms with Crippen LogP contribution >= 0.6 is 0 Å². The number of hydrogen-bond donors (Lipinski definition) is 7. The Kier molecular flexibility index (Phi) is 14.7. The maximum absolute atomic E-state index is 13.1. The van der Waals surface area contributed by atoms with Gasteiger partial charge in [0.2, 0.25) is 17.7 Å². The van der Waals surface area contributed by atoms with Gasteiger partial charge in [-0.25, -0.2) is 4.79 Å². The van der Waals surface area contributed by atoms with Gasteiger partial charge in [0.25, 0.3) is 0 Å². The lowest BCUT2D eigenvalue weighted by atomic mass is 9.95. The maximum Gasteiger partial charge on any atom is 0.326 e. The fourth-order valence-corrected chi connectivity index (χ4v) is 3.20. The summed E-state index contributed by atoms with van der Waals surface area (Å²) in [5.41, 5.74) is 11.1. The Balaban J connectivity index is 5.61. The van der Waals surface area contributed by atoms with Crippen LogP contribution in [0.1, 0.15) is 66.2 Å². The summed E-state index contributed by atoms with van der Waals surface area (Å²) in [5, 5.41) is 26.0. The molecule has 0 heterocycles. The Morgan fingerprint density at radius 3 is 1.79 bits per heavy atom. The molecule has 0 aromatic heterocycles. The smallest absolute Gasteiger partial charge is 0.326 e. The van der Waals surface area contributed by atoms with Gasteiger partial charge in [-0.2, -0.15) is 0 Å². The fraction of sp³-hybridized carbons (Fsp3) is 0.773. The third-order valence-corrected chi connectivity index (χ3v) is 5.88. The lowest BCUT2D eigenvalue weighted by molar-refractivity contribution is -0.144. The molecule has 12 heteroatoms. The van der Waals surface area contributed by atoms with Gasteiger partial charge >= 0.3 is 11.9 Å². The zero-order valence-electron chi connectivity index (χ0n) is 20.5. The van der Waals surface area contributed by atoms with E-state index in [0.29, 0.717) is 32.2 Å². The molecule has 0 aromatic carbocycles. The van der Waals surface area contributed by atoms with Crippen molar-refractivity contribution in [2.75, 3.05) is 6.54 Å². The summed E-state index contributed by atoms with van der Waals surface area (Å²) < 4.78 is 0. The van der Waals surface area contributed by atoms with Gasteiger partial charge in [-0.1, -0.05) is 40.5 Å². The highest BCUT2D eigenvalue weighted by atomic mass is 16.4. The second-order valence-corrected chi connectivity index (χ2v) is 8.63. The van der Waals surface area contributed by atoms with Gasteiger partial charge < -0.3 is 37.6 Å². The summed E-state index contributed by atoms with van der Waals surface area (Å²) in [7, 11) is 0. The molecule has 196 valence electrons. The van der Waals surface area contributed by atoms with Crippen molar-refractivity contribution in [1.82, 2.24) is 16.0 Å². The summed E-state index contributed by atoms with van der Waals surface area (Å²) in [6.07, 6.45) is 1.74. The van der Waals surface area contributed by atoms with Crippen molar-refractivity contribution in [3.05, 3.63) is 0 Å². The molecule has 6 atom stereocenters. The molecule has 0 aromatic rings. The third-order valence-electron chi connectivity index (χ3n) is 5.88. The highest BCUT2D eigenvalue weighted by molar-refractivity contribution is 5.94. The van der Waals surface area contributed by atoms with Crippen LogP contribution in [0.15, 0.2) is 0 Å². The van der Waals surface area contributed by atoms with Crippen LogP contribution in [0, 0.1) is 11.8 Å². The molecule has 0 rings (SSSR count). The van der Waals surface area contributed by atoms with Gasteiger partial charge in [-0.3, -0.25) is 19.2 Å². The number of unbranched alkanes of at least 4 members (excludes halogenated alkanes) is 1. The summed E-state index contributed by atoms with van der Waals surface area (Å²) in [6.45, 7) is 7.47. The number of nitrogens with one attached hydrogen (secondary N) is 3. The van der Waals surface area contributed by atoms with E-state index < -0.39 is 60.2 Å². The van der Waals surface area contributed by atoms with Crippen molar-refractivity contribution < 1.29 is 34.2 Å². The SMILES string of the molecule is CCC(C)C(NC(=O)C(NC(=O)C(CCCCN)NC(=O)C(N)CC(=O)O)C(C)CC)C(=O)O. The van der Waals surface area contributed by atoms with Gasteiger partial charge in [-0.15, -0.1) is 0 Å². The summed E-state index contributed by atoms with van der Waals surface area (Å²) in [5.74, 6) is -5.17. The molecule has 9 N–H and O–H groups in total. The first kappa shape index (κ1) is 31.3. The summed E-state index contributed by atoms with van der Waals surface area (Å²) >= 11 is 0. The van der Waals surface area contributed by atoms with Crippen LogP contribution in [0.5, 0.6) is 0 Å². The molecule has 0 aliphatic heterocycles. The van der Waals surface area contributed by atoms with Crippen LogP contribution in [-0.2, 0) is 24.0 Å². The van der Waals surface area contributed by atoms with Crippen LogP contribution in [0.4, 0.5) is 0 Å². The molecule has 6 unspecified atom stereocenters. The Hall–Kier alpha value is -2.73. The van der Waals surface area contributed by atoms with E-state index in [1.165, 1.54) is 0 Å². The van der Waals surface area contributed by atoms with Gasteiger partial charge in [0.15, 0.2) is 0 Å². The van der Waals surface area contributed by atoms with E-state index >= 15 is 0 Å². The quantitative estimate of drug-likeness (QED) is 0.132. The van der Waals surface area contributed by atoms with Crippen LogP contribution in [-0.4, -0.2) is 70.6 Å². The summed E-state index contributed by atoms with van der Waals surface area (Å²) in [4.78, 5) is 60.8. The highest BCUT2D eigenvalue weighted by Gasteiger charge is 2.34. The van der Waals surface area contributed by atoms with Crippen LogP contribution in [0.3, 0.4) is 0 Å². The molecule has 0 fully saturated rings. The molecule has 34 heavy (non-hydrogen) atoms. The van der Waals surface area contributed by atoms with E-state index in [2.05, 4.69) is 16.0 Å². The van der Waals surface area contributed by atoms with E-state index in [4.69, 9.17) is 16.6 Å². The molecule has 0 aliphatic carbocycles. The first-order valence-electron chi connectivity index (χ1n) is 11.7. The highest BCUT2D eigenvalue weighted by Crippen LogP contribution is 2.13. The number of carbonyl (C=O) groups excluding carboxylic acids is 3. The van der Waals surface area contributed by atoms with Crippen LogP contribution in [0.25, 0.3) is 0 Å². The lowest BCUT2D eigenvalue weighted by Gasteiger charge is -2.29. The number of rotatable bonds is 17. The largest absolute Gasteiger partial charge is 0.481 e. The standard InChI is InChI=1S/C22H41N5O7/c1-5-12(3)17(21(32)27-18(22(33)34)13(4)6-2)26-20(31)15(9-7-8-10-23)25-19(30)14(24)11-16(28)29/h12-15,17-18H,5-11,23-24H2,1-4H3,(H,25,30)(H,26,31)(H,27,32)(H,28,29)(H,33,34). The van der Waals surface area contributed by atoms with E-state index in [1.54, 1.807) is 13.8 Å². The molecular formula is C22H41N5O7. The second kappa shape index (κ2) is 16.0. The van der Waals surface area contributed by atoms with E-state index in [0.717, 1.165) is 0 Å². The van der Waals surface area contributed by atoms with Crippen molar-refractivity contribution in [2.45, 2.75) is 90.4 Å². The zero-order chi connectivity index (χ0) is 26.4. The zero-order valence-corrected chi connectivity index (χ0v) is 20.5. The van der Waals surface area contributed by atoms with E-state index in [9.17, 15) is 29.1 Å². The average Bonchev–Trinajstić information content (AvgIpc) is 2.78. The normalized spacial score (nSPS) is 16.3. The molecule has 3 amide bonds. The number of hydrogen-bond acceptors (Lipinski definition) is 7. The number of aliphatic carboxylic acids is 2. The van der Waals surface area contributed by atoms with Crippen molar-refractivity contribution in [1.29, 1.82) is 0 Å². The Labute approximate surface area is 200 Å². The minimum Gasteiger partial charge on any atom is -0.481 e. The Morgan fingerprint density at radius 2 is 1.32 bits per heavy atom. The van der Waals surface area contributed by atoms with Crippen LogP contribution < -0.4 is 27.4 Å². The number of carboxylic acids is 2. The molecule has 0 saturated carbocycles. The van der Waals surface area contributed by atoms with Crippen LogP contribution in [0.2, 0.25) is 0 Å². The first-order valence-corrected chi connectivity index (χ1v) is 11.7. The number of amides is 3. The fourth-order valence-electron chi connectivity index (χ4n) is 3.20. The van der Waals surface area contributed by atoms with Gasteiger partial charge in [0.05, 0.1) is 12.5 Å². The Bertz CT molecular complexity index is 703. The second-order valence-electron chi connectivity index (χ2n) is 8.63. The number of carboxylic acid groups (broad SMARTS) is 2. The first-order chi connectivity index (χ1) is 15.9. The molecule has 12 nitrogen and oxygen atoms in total. The van der Waals surface area contributed by atoms with Crippen molar-refractivity contribution in [3.63, 3.8) is 0 Å². The number of nitrogens with two attached hydrogens (primary N) is 2. The molecule has 0 spiro atoms. The molecule has 0 radical (unpaired) electrons. The average molecular weight is 488 g/mol. The van der Waals surface area contributed by atoms with Gasteiger partial charge in [-0.05, 0) is 37.6 Å². The van der Waals surface area contributed by atoms with Gasteiger partial charge in [0, 0.05) is 0 Å². The topological polar surface area (TPSA) is 214 Å². The van der Waals surface area contributed by atoms with Crippen molar-refractivity contribution >= 4 is 29.7 Å². The van der Waals surface area contributed by atoms with E-state index in [-0.39, 0.29) is 18.3 Å². The molecular weight excluding hydrogens is 446 g/mol. The predicted octanol–water partition coefficient (Wildman–Crippen LogP) is -0.451. The van der Waals surface area contributed by atoms with Gasteiger partial charge in [0.1, 0.15) is 18.1 Å². The lowest BCUT2D eigenvalue weighted by Crippen LogP contribution is -2.59. The monoisotopic (exact) mass is 487 g/mol. The maximum atomic E-state index is 13.1. The van der Waals surface area contributed by atoms with Crippen molar-refractivity contribution in [3.8, 4) is 0 Å². The molecule has 0 bridgehead atoms. The number of carbonyl (C=O) groups is 5. The molecule has 0 aliphatic rings. The van der Waals surface area contributed by atoms with E-state index in [1.807, 2.05) is 13.8 Å². The Morgan fingerprint density at radius 1 is 0.794 bits per heavy atom. The minimum absolute atomic E-state index is 0.202. The third kappa shape index (κ3) is 10.9. The minimum atomic E-state index is -1.34. The molecule has 0 saturated heterocycles. The van der Waals surface area contributed by atoms with Crippen molar-refractivity contribution in [2.24, 2.45) is 23.3 Å². The predicted molar refractivity (Wildman–Crippen MR) is 125 cm³/mol. The summed E-state index contributed by atoms with van der Waals surface area (Å²) in [6, 6.07) is -4.56.